The van der Waals surface area contributed by atoms with Crippen molar-refractivity contribution in [2.45, 2.75) is 59.0 Å². The molecule has 1 unspecified atom stereocenters. The Morgan fingerprint density at radius 3 is 2.65 bits per heavy atom. The van der Waals surface area contributed by atoms with Crippen LogP contribution in [0.2, 0.25) is 0 Å². The first kappa shape index (κ1) is 15.1. The highest BCUT2D eigenvalue weighted by molar-refractivity contribution is 5.84. The number of nitrogens with two attached hydrogens (primary N) is 1. The summed E-state index contributed by atoms with van der Waals surface area (Å²) >= 11 is 0. The zero-order valence-electron chi connectivity index (χ0n) is 13.1. The molecule has 0 bridgehead atoms. The molecule has 110 valence electrons. The molecule has 0 radical (unpaired) electrons. The van der Waals surface area contributed by atoms with Crippen molar-refractivity contribution in [1.29, 1.82) is 0 Å². The van der Waals surface area contributed by atoms with Gasteiger partial charge in [0.25, 0.3) is 0 Å². The Hall–Kier alpha value is -1.28. The van der Waals surface area contributed by atoms with Crippen LogP contribution in [0.25, 0.3) is 10.9 Å². The first-order valence-corrected chi connectivity index (χ1v) is 7.94. The Morgan fingerprint density at radius 2 is 1.95 bits per heavy atom. The van der Waals surface area contributed by atoms with Gasteiger partial charge in [-0.3, -0.25) is 0 Å². The van der Waals surface area contributed by atoms with Crippen LogP contribution in [-0.2, 0) is 13.0 Å². The summed E-state index contributed by atoms with van der Waals surface area (Å²) < 4.78 is 2.41. The van der Waals surface area contributed by atoms with E-state index in [0.717, 1.165) is 25.3 Å². The minimum Gasteiger partial charge on any atom is -0.347 e. The number of fused-ring (bicyclic) bond motifs is 1. The Balaban J connectivity index is 2.21. The number of rotatable bonds is 7. The van der Waals surface area contributed by atoms with Crippen LogP contribution in [0.1, 0.15) is 45.6 Å². The molecule has 0 saturated carbocycles. The van der Waals surface area contributed by atoms with Gasteiger partial charge in [-0.15, -0.1) is 0 Å². The van der Waals surface area contributed by atoms with Gasteiger partial charge in [-0.05, 0) is 43.2 Å². The van der Waals surface area contributed by atoms with Crippen molar-refractivity contribution < 1.29 is 0 Å². The number of nitrogens with zero attached hydrogens (tertiary/aromatic N) is 1. The predicted molar refractivity (Wildman–Crippen MR) is 88.0 cm³/mol. The molecule has 1 aromatic heterocycles. The Labute approximate surface area is 123 Å². The fraction of sp³-hybridized carbons (Fsp3) is 0.556. The summed E-state index contributed by atoms with van der Waals surface area (Å²) in [6.07, 6.45) is 6.87. The fourth-order valence-corrected chi connectivity index (χ4v) is 2.77. The lowest BCUT2D eigenvalue weighted by Gasteiger charge is -2.07. The third kappa shape index (κ3) is 3.63. The van der Waals surface area contributed by atoms with Gasteiger partial charge in [-0.25, -0.2) is 0 Å². The molecule has 0 amide bonds. The zero-order valence-corrected chi connectivity index (χ0v) is 13.1. The topological polar surface area (TPSA) is 30.9 Å². The van der Waals surface area contributed by atoms with E-state index in [4.69, 9.17) is 5.73 Å². The number of hydrogen-bond donors (Lipinski definition) is 1. The summed E-state index contributed by atoms with van der Waals surface area (Å²) in [6.45, 7) is 7.85. The first-order chi connectivity index (χ1) is 9.61. The highest BCUT2D eigenvalue weighted by Gasteiger charge is 2.10. The zero-order chi connectivity index (χ0) is 14.5. The normalized spacial score (nSPS) is 13.2. The molecule has 0 fully saturated rings. The monoisotopic (exact) mass is 272 g/mol. The fourth-order valence-electron chi connectivity index (χ4n) is 2.77. The number of aryl methyl sites for hydroxylation is 1. The van der Waals surface area contributed by atoms with Crippen LogP contribution in [0.4, 0.5) is 0 Å². The molecule has 2 heteroatoms. The maximum atomic E-state index is 6.14. The van der Waals surface area contributed by atoms with E-state index in [-0.39, 0.29) is 6.04 Å². The number of aromatic nitrogens is 1. The van der Waals surface area contributed by atoms with Crippen molar-refractivity contribution in [3.8, 4) is 0 Å². The molecule has 2 aromatic rings. The van der Waals surface area contributed by atoms with Gasteiger partial charge in [-0.2, -0.15) is 0 Å². The van der Waals surface area contributed by atoms with E-state index in [1.807, 2.05) is 0 Å². The largest absolute Gasteiger partial charge is 0.347 e. The third-order valence-electron chi connectivity index (χ3n) is 4.06. The molecular formula is C18H28N2. The minimum absolute atomic E-state index is 0.268. The van der Waals surface area contributed by atoms with Crippen LogP contribution in [0.5, 0.6) is 0 Å². The lowest BCUT2D eigenvalue weighted by Crippen LogP contribution is -2.21. The van der Waals surface area contributed by atoms with Gasteiger partial charge in [-0.1, -0.05) is 39.0 Å². The lowest BCUT2D eigenvalue weighted by molar-refractivity contribution is 0.517. The molecule has 0 aliphatic rings. The van der Waals surface area contributed by atoms with E-state index in [0.29, 0.717) is 0 Å². The van der Waals surface area contributed by atoms with Crippen molar-refractivity contribution in [3.63, 3.8) is 0 Å². The van der Waals surface area contributed by atoms with Crippen LogP contribution in [0.3, 0.4) is 0 Å². The van der Waals surface area contributed by atoms with Gasteiger partial charge in [0.2, 0.25) is 0 Å². The van der Waals surface area contributed by atoms with Crippen molar-refractivity contribution in [1.82, 2.24) is 4.57 Å². The molecule has 0 saturated heterocycles. The van der Waals surface area contributed by atoms with Gasteiger partial charge in [0.05, 0.1) is 0 Å². The Bertz CT molecular complexity index is 539. The van der Waals surface area contributed by atoms with E-state index < -0.39 is 0 Å². The number of para-hydroxylation sites is 1. The van der Waals surface area contributed by atoms with Gasteiger partial charge >= 0.3 is 0 Å². The van der Waals surface area contributed by atoms with Crippen LogP contribution >= 0.6 is 0 Å². The molecule has 1 atom stereocenters. The van der Waals surface area contributed by atoms with E-state index in [1.54, 1.807) is 0 Å². The highest BCUT2D eigenvalue weighted by Crippen LogP contribution is 2.23. The van der Waals surface area contributed by atoms with Crippen LogP contribution < -0.4 is 5.73 Å². The van der Waals surface area contributed by atoms with Crippen molar-refractivity contribution in [3.05, 3.63) is 36.0 Å². The predicted octanol–water partition coefficient (Wildman–Crippen LogP) is 4.36. The second-order valence-corrected chi connectivity index (χ2v) is 6.27. The molecular weight excluding hydrogens is 244 g/mol. The molecule has 0 spiro atoms. The van der Waals surface area contributed by atoms with E-state index in [1.165, 1.54) is 29.3 Å². The van der Waals surface area contributed by atoms with Gasteiger partial charge in [0.1, 0.15) is 0 Å². The van der Waals surface area contributed by atoms with E-state index in [9.17, 15) is 0 Å². The van der Waals surface area contributed by atoms with E-state index in [2.05, 4.69) is 55.8 Å². The SMILES string of the molecule is CCC(N)Cc1cn(CCCC(C)C)c2ccccc12. The average Bonchev–Trinajstić information content (AvgIpc) is 2.77. The lowest BCUT2D eigenvalue weighted by atomic mass is 10.0. The molecule has 2 N–H and O–H groups in total. The molecule has 1 heterocycles. The summed E-state index contributed by atoms with van der Waals surface area (Å²) in [6, 6.07) is 8.98. The molecule has 20 heavy (non-hydrogen) atoms. The quantitative estimate of drug-likeness (QED) is 0.798. The summed E-state index contributed by atoms with van der Waals surface area (Å²) in [4.78, 5) is 0. The second kappa shape index (κ2) is 6.94. The smallest absolute Gasteiger partial charge is 0.0483 e. The maximum absolute atomic E-state index is 6.14. The van der Waals surface area contributed by atoms with Crippen molar-refractivity contribution in [2.75, 3.05) is 0 Å². The second-order valence-electron chi connectivity index (χ2n) is 6.27. The van der Waals surface area contributed by atoms with Crippen LogP contribution in [-0.4, -0.2) is 10.6 Å². The van der Waals surface area contributed by atoms with Crippen molar-refractivity contribution >= 4 is 10.9 Å². The summed E-state index contributed by atoms with van der Waals surface area (Å²) in [5, 5.41) is 1.38. The number of benzene rings is 1. The summed E-state index contributed by atoms with van der Waals surface area (Å²) in [7, 11) is 0. The average molecular weight is 272 g/mol. The minimum atomic E-state index is 0.268. The van der Waals surface area contributed by atoms with Crippen LogP contribution in [0, 0.1) is 5.92 Å². The van der Waals surface area contributed by atoms with Gasteiger partial charge in [0.15, 0.2) is 0 Å². The first-order valence-electron chi connectivity index (χ1n) is 7.94. The molecule has 2 rings (SSSR count). The molecule has 1 aromatic carbocycles. The highest BCUT2D eigenvalue weighted by atomic mass is 15.0. The Morgan fingerprint density at radius 1 is 1.20 bits per heavy atom. The number of hydrogen-bond acceptors (Lipinski definition) is 1. The van der Waals surface area contributed by atoms with E-state index >= 15 is 0 Å². The standard InChI is InChI=1S/C18H28N2/c1-4-16(19)12-15-13-20(11-7-8-14(2)3)18-10-6-5-9-17(15)18/h5-6,9-10,13-14,16H,4,7-8,11-12,19H2,1-3H3. The third-order valence-corrected chi connectivity index (χ3v) is 4.06. The summed E-state index contributed by atoms with van der Waals surface area (Å²) in [5.41, 5.74) is 8.89. The molecule has 0 aliphatic heterocycles. The van der Waals surface area contributed by atoms with Gasteiger partial charge < -0.3 is 10.3 Å². The van der Waals surface area contributed by atoms with Crippen LogP contribution in [0.15, 0.2) is 30.5 Å². The molecule has 0 aliphatic carbocycles. The Kier molecular flexibility index (Phi) is 5.24. The van der Waals surface area contributed by atoms with Crippen molar-refractivity contribution in [2.24, 2.45) is 11.7 Å². The summed E-state index contributed by atoms with van der Waals surface area (Å²) in [5.74, 6) is 0.782. The van der Waals surface area contributed by atoms with Gasteiger partial charge in [0, 0.05) is 29.7 Å². The maximum Gasteiger partial charge on any atom is 0.0483 e. The molecule has 2 nitrogen and oxygen atoms in total.